The monoisotopic (exact) mass is 284 g/mol. The Balaban J connectivity index is 1.80. The predicted octanol–water partition coefficient (Wildman–Crippen LogP) is 1.16. The number of nitrogens with one attached hydrogen (secondary N) is 1. The Morgan fingerprint density at radius 1 is 1.40 bits per heavy atom. The Hall–Kier alpha value is -1.30. The lowest BCUT2D eigenvalue weighted by molar-refractivity contribution is -0.140. The van der Waals surface area contributed by atoms with E-state index in [2.05, 4.69) is 5.32 Å². The number of carbonyl (C=O) groups is 2. The molecule has 0 heterocycles. The zero-order valence-electron chi connectivity index (χ0n) is 12.2. The normalized spacial score (nSPS) is 29.2. The summed E-state index contributed by atoms with van der Waals surface area (Å²) in [6.45, 7) is 0.690. The SMILES string of the molecule is COCC(NC(=O)N(C)CC1CC2CCC1C2)C(=O)O. The van der Waals surface area contributed by atoms with Crippen molar-refractivity contribution < 1.29 is 19.4 Å². The van der Waals surface area contributed by atoms with Gasteiger partial charge in [-0.2, -0.15) is 0 Å². The number of fused-ring (bicyclic) bond motifs is 2. The molecule has 4 unspecified atom stereocenters. The maximum atomic E-state index is 12.0. The zero-order chi connectivity index (χ0) is 14.7. The lowest BCUT2D eigenvalue weighted by atomic mass is 9.88. The lowest BCUT2D eigenvalue weighted by Crippen LogP contribution is -2.49. The maximum Gasteiger partial charge on any atom is 0.328 e. The molecule has 4 atom stereocenters. The predicted molar refractivity (Wildman–Crippen MR) is 73.4 cm³/mol. The molecule has 0 saturated heterocycles. The van der Waals surface area contributed by atoms with E-state index < -0.39 is 12.0 Å². The van der Waals surface area contributed by atoms with E-state index in [1.165, 1.54) is 32.8 Å². The van der Waals surface area contributed by atoms with Crippen molar-refractivity contribution in [2.24, 2.45) is 17.8 Å². The van der Waals surface area contributed by atoms with Gasteiger partial charge in [0.25, 0.3) is 0 Å². The summed E-state index contributed by atoms with van der Waals surface area (Å²) in [6.07, 6.45) is 5.14. The molecule has 2 fully saturated rings. The lowest BCUT2D eigenvalue weighted by Gasteiger charge is -2.28. The summed E-state index contributed by atoms with van der Waals surface area (Å²) in [6, 6.07) is -1.33. The van der Waals surface area contributed by atoms with E-state index in [1.54, 1.807) is 11.9 Å². The van der Waals surface area contributed by atoms with Crippen LogP contribution in [0.25, 0.3) is 0 Å². The van der Waals surface area contributed by atoms with Crippen molar-refractivity contribution >= 4 is 12.0 Å². The fourth-order valence-electron chi connectivity index (χ4n) is 3.64. The molecule has 2 bridgehead atoms. The number of hydrogen-bond acceptors (Lipinski definition) is 3. The highest BCUT2D eigenvalue weighted by Gasteiger charge is 2.40. The molecule has 2 aliphatic carbocycles. The summed E-state index contributed by atoms with van der Waals surface area (Å²) >= 11 is 0. The molecule has 2 rings (SSSR count). The maximum absolute atomic E-state index is 12.0. The number of amides is 2. The van der Waals surface area contributed by atoms with Gasteiger partial charge in [0.2, 0.25) is 0 Å². The summed E-state index contributed by atoms with van der Waals surface area (Å²) in [5, 5.41) is 11.5. The third-order valence-corrected chi connectivity index (χ3v) is 4.67. The molecule has 2 N–H and O–H groups in total. The number of carboxylic acid groups (broad SMARTS) is 1. The van der Waals surface area contributed by atoms with Crippen LogP contribution < -0.4 is 5.32 Å². The molecule has 2 saturated carbocycles. The summed E-state index contributed by atoms with van der Waals surface area (Å²) in [5.41, 5.74) is 0. The van der Waals surface area contributed by atoms with E-state index in [4.69, 9.17) is 9.84 Å². The molecule has 0 aromatic carbocycles. The van der Waals surface area contributed by atoms with Crippen LogP contribution >= 0.6 is 0 Å². The number of hydrogen-bond donors (Lipinski definition) is 2. The van der Waals surface area contributed by atoms with E-state index in [9.17, 15) is 9.59 Å². The average molecular weight is 284 g/mol. The first-order valence-electron chi connectivity index (χ1n) is 7.24. The van der Waals surface area contributed by atoms with Gasteiger partial charge in [-0.15, -0.1) is 0 Å². The molecule has 6 heteroatoms. The molecule has 0 aliphatic heterocycles. The van der Waals surface area contributed by atoms with Crippen molar-refractivity contribution in [1.29, 1.82) is 0 Å². The number of aliphatic carboxylic acids is 1. The fourth-order valence-corrected chi connectivity index (χ4v) is 3.64. The number of carboxylic acids is 1. The number of methoxy groups -OCH3 is 1. The van der Waals surface area contributed by atoms with Crippen LogP contribution in [-0.4, -0.2) is 55.4 Å². The van der Waals surface area contributed by atoms with Crippen LogP contribution in [0.3, 0.4) is 0 Å². The standard InChI is InChI=1S/C14H24N2O4/c1-16(7-11-6-9-3-4-10(11)5-9)14(19)15-12(8-20-2)13(17)18/h9-12H,3-8H2,1-2H3,(H,15,19)(H,17,18). The van der Waals surface area contributed by atoms with Gasteiger partial charge in [0.05, 0.1) is 6.61 Å². The molecular formula is C14H24N2O4. The van der Waals surface area contributed by atoms with Crippen molar-refractivity contribution in [1.82, 2.24) is 10.2 Å². The summed E-state index contributed by atoms with van der Waals surface area (Å²) in [5.74, 6) is 1.11. The molecular weight excluding hydrogens is 260 g/mol. The van der Waals surface area contributed by atoms with E-state index >= 15 is 0 Å². The van der Waals surface area contributed by atoms with Crippen molar-refractivity contribution in [3.63, 3.8) is 0 Å². The summed E-state index contributed by atoms with van der Waals surface area (Å²) in [7, 11) is 3.15. The molecule has 6 nitrogen and oxygen atoms in total. The third-order valence-electron chi connectivity index (χ3n) is 4.67. The average Bonchev–Trinajstić information content (AvgIpc) is 3.00. The van der Waals surface area contributed by atoms with Gasteiger partial charge in [0.15, 0.2) is 6.04 Å². The third kappa shape index (κ3) is 3.42. The van der Waals surface area contributed by atoms with Gasteiger partial charge in [0.1, 0.15) is 0 Å². The van der Waals surface area contributed by atoms with Crippen LogP contribution in [0.2, 0.25) is 0 Å². The highest BCUT2D eigenvalue weighted by Crippen LogP contribution is 2.48. The van der Waals surface area contributed by atoms with Gasteiger partial charge in [-0.3, -0.25) is 0 Å². The van der Waals surface area contributed by atoms with Gasteiger partial charge in [-0.25, -0.2) is 9.59 Å². The largest absolute Gasteiger partial charge is 0.480 e. The second-order valence-corrected chi connectivity index (χ2v) is 6.11. The molecule has 2 aliphatic rings. The Morgan fingerprint density at radius 3 is 2.65 bits per heavy atom. The number of urea groups is 1. The quantitative estimate of drug-likeness (QED) is 0.767. The first-order valence-corrected chi connectivity index (χ1v) is 7.24. The van der Waals surface area contributed by atoms with Crippen LogP contribution in [0.5, 0.6) is 0 Å². The van der Waals surface area contributed by atoms with Crippen LogP contribution in [0.4, 0.5) is 4.79 Å². The summed E-state index contributed by atoms with van der Waals surface area (Å²) in [4.78, 5) is 24.6. The van der Waals surface area contributed by atoms with Crippen LogP contribution in [0.1, 0.15) is 25.7 Å². The van der Waals surface area contributed by atoms with Gasteiger partial charge in [0, 0.05) is 20.7 Å². The van der Waals surface area contributed by atoms with Crippen LogP contribution in [0.15, 0.2) is 0 Å². The summed E-state index contributed by atoms with van der Waals surface area (Å²) < 4.78 is 4.81. The first kappa shape index (κ1) is 15.1. The zero-order valence-corrected chi connectivity index (χ0v) is 12.2. The minimum atomic E-state index is -1.08. The Labute approximate surface area is 119 Å². The first-order chi connectivity index (χ1) is 9.51. The van der Waals surface area contributed by atoms with Crippen molar-refractivity contribution in [3.05, 3.63) is 0 Å². The van der Waals surface area contributed by atoms with E-state index in [0.717, 1.165) is 11.8 Å². The van der Waals surface area contributed by atoms with Crippen molar-refractivity contribution in [2.45, 2.75) is 31.7 Å². The van der Waals surface area contributed by atoms with Crippen LogP contribution in [0, 0.1) is 17.8 Å². The smallest absolute Gasteiger partial charge is 0.328 e. The minimum absolute atomic E-state index is 0.0248. The molecule has 20 heavy (non-hydrogen) atoms. The van der Waals surface area contributed by atoms with Gasteiger partial charge in [-0.05, 0) is 37.0 Å². The number of rotatable bonds is 6. The minimum Gasteiger partial charge on any atom is -0.480 e. The second kappa shape index (κ2) is 6.43. The Morgan fingerprint density at radius 2 is 2.15 bits per heavy atom. The number of ether oxygens (including phenoxy) is 1. The molecule has 0 aromatic rings. The fraction of sp³-hybridized carbons (Fsp3) is 0.857. The molecule has 2 amide bonds. The number of nitrogens with zero attached hydrogens (tertiary/aromatic N) is 1. The van der Waals surface area contributed by atoms with E-state index in [1.807, 2.05) is 0 Å². The second-order valence-electron chi connectivity index (χ2n) is 6.11. The van der Waals surface area contributed by atoms with Gasteiger partial charge in [-0.1, -0.05) is 6.42 Å². The molecule has 0 spiro atoms. The number of carbonyl (C=O) groups excluding carboxylic acids is 1. The van der Waals surface area contributed by atoms with Gasteiger partial charge < -0.3 is 20.1 Å². The highest BCUT2D eigenvalue weighted by molar-refractivity contribution is 5.82. The highest BCUT2D eigenvalue weighted by atomic mass is 16.5. The Bertz CT molecular complexity index is 374. The van der Waals surface area contributed by atoms with Crippen molar-refractivity contribution in [3.8, 4) is 0 Å². The van der Waals surface area contributed by atoms with Crippen LogP contribution in [-0.2, 0) is 9.53 Å². The molecule has 0 aromatic heterocycles. The molecule has 0 radical (unpaired) electrons. The Kier molecular flexibility index (Phi) is 4.86. The van der Waals surface area contributed by atoms with E-state index in [0.29, 0.717) is 12.5 Å². The van der Waals surface area contributed by atoms with Crippen molar-refractivity contribution in [2.75, 3.05) is 27.3 Å². The van der Waals surface area contributed by atoms with E-state index in [-0.39, 0.29) is 12.6 Å². The van der Waals surface area contributed by atoms with Gasteiger partial charge >= 0.3 is 12.0 Å². The topological polar surface area (TPSA) is 78.9 Å². The molecule has 114 valence electrons.